The summed E-state index contributed by atoms with van der Waals surface area (Å²) in [7, 11) is 0. The molecule has 100 valence electrons. The van der Waals surface area contributed by atoms with Crippen LogP contribution in [0.4, 0.5) is 5.69 Å². The number of carbonyl (C=O) groups excluding carboxylic acids is 2. The molecule has 1 aromatic rings. The molecule has 0 aliphatic rings. The number of nitrogens with two attached hydrogens (primary N) is 2. The van der Waals surface area contributed by atoms with E-state index in [1.165, 1.54) is 0 Å². The number of hydrogen-bond acceptors (Lipinski definition) is 3. The van der Waals surface area contributed by atoms with E-state index < -0.39 is 11.3 Å². The summed E-state index contributed by atoms with van der Waals surface area (Å²) in [6, 6.07) is 6.38. The van der Waals surface area contributed by atoms with Gasteiger partial charge in [-0.3, -0.25) is 9.59 Å². The molecule has 0 saturated heterocycles. The second-order valence-corrected chi connectivity index (χ2v) is 4.48. The smallest absolute Gasteiger partial charge is 0.248 e. The van der Waals surface area contributed by atoms with Gasteiger partial charge in [0.1, 0.15) is 0 Å². The lowest BCUT2D eigenvalue weighted by Crippen LogP contribution is -2.37. The zero-order valence-electron chi connectivity index (χ0n) is 10.4. The Morgan fingerprint density at radius 1 is 1.22 bits per heavy atom. The Balaban J connectivity index is 0.00000289. The first-order valence-electron chi connectivity index (χ1n) is 5.28. The maximum Gasteiger partial charge on any atom is 0.248 e. The highest BCUT2D eigenvalue weighted by Gasteiger charge is 2.25. The average Bonchev–Trinajstić information content (AvgIpc) is 2.29. The molecule has 0 aliphatic carbocycles. The highest BCUT2D eigenvalue weighted by atomic mass is 35.5. The molecule has 5 nitrogen and oxygen atoms in total. The van der Waals surface area contributed by atoms with E-state index in [1.807, 2.05) is 0 Å². The van der Waals surface area contributed by atoms with Gasteiger partial charge in [0.05, 0.1) is 5.41 Å². The number of carbonyl (C=O) groups is 2. The average molecular weight is 272 g/mol. The molecule has 0 aliphatic heterocycles. The van der Waals surface area contributed by atoms with Crippen molar-refractivity contribution in [2.45, 2.75) is 13.8 Å². The van der Waals surface area contributed by atoms with Crippen molar-refractivity contribution in [3.8, 4) is 0 Å². The van der Waals surface area contributed by atoms with E-state index in [0.717, 1.165) is 0 Å². The zero-order valence-corrected chi connectivity index (χ0v) is 11.2. The first-order valence-corrected chi connectivity index (χ1v) is 5.28. The zero-order chi connectivity index (χ0) is 13.1. The predicted molar refractivity (Wildman–Crippen MR) is 73.7 cm³/mol. The van der Waals surface area contributed by atoms with Gasteiger partial charge in [0.25, 0.3) is 0 Å². The minimum atomic E-state index is -0.623. The summed E-state index contributed by atoms with van der Waals surface area (Å²) >= 11 is 0. The number of halogens is 1. The molecule has 18 heavy (non-hydrogen) atoms. The summed E-state index contributed by atoms with van der Waals surface area (Å²) in [6.07, 6.45) is 0. The molecule has 0 heterocycles. The molecular formula is C12H18ClN3O2. The Morgan fingerprint density at radius 3 is 2.11 bits per heavy atom. The van der Waals surface area contributed by atoms with Crippen molar-refractivity contribution in [1.29, 1.82) is 0 Å². The molecule has 1 rings (SSSR count). The Kier molecular flexibility index (Phi) is 5.81. The number of primary amides is 1. The summed E-state index contributed by atoms with van der Waals surface area (Å²) in [5.41, 5.74) is 11.0. The maximum absolute atomic E-state index is 11.8. The number of hydrogen-bond donors (Lipinski definition) is 3. The minimum Gasteiger partial charge on any atom is -0.366 e. The predicted octanol–water partition coefficient (Wildman–Crippen LogP) is 1.13. The highest BCUT2D eigenvalue weighted by Crippen LogP contribution is 2.17. The fourth-order valence-corrected chi connectivity index (χ4v) is 1.11. The van der Waals surface area contributed by atoms with Gasteiger partial charge < -0.3 is 16.8 Å². The first kappa shape index (κ1) is 16.4. The third-order valence-electron chi connectivity index (χ3n) is 2.55. The van der Waals surface area contributed by atoms with Gasteiger partial charge in [0, 0.05) is 17.8 Å². The van der Waals surface area contributed by atoms with Gasteiger partial charge in [-0.2, -0.15) is 0 Å². The van der Waals surface area contributed by atoms with Crippen LogP contribution >= 0.6 is 12.4 Å². The van der Waals surface area contributed by atoms with Crippen LogP contribution in [-0.2, 0) is 4.79 Å². The van der Waals surface area contributed by atoms with E-state index in [4.69, 9.17) is 11.5 Å². The number of benzene rings is 1. The lowest BCUT2D eigenvalue weighted by atomic mass is 9.92. The number of amides is 2. The van der Waals surface area contributed by atoms with Crippen LogP contribution in [0.1, 0.15) is 24.2 Å². The van der Waals surface area contributed by atoms with Crippen molar-refractivity contribution in [3.63, 3.8) is 0 Å². The lowest BCUT2D eigenvalue weighted by molar-refractivity contribution is -0.123. The van der Waals surface area contributed by atoms with Gasteiger partial charge in [-0.25, -0.2) is 0 Å². The van der Waals surface area contributed by atoms with E-state index in [9.17, 15) is 9.59 Å². The van der Waals surface area contributed by atoms with Gasteiger partial charge in [0.15, 0.2) is 0 Å². The number of nitrogens with one attached hydrogen (secondary N) is 1. The van der Waals surface area contributed by atoms with Gasteiger partial charge in [0.2, 0.25) is 11.8 Å². The van der Waals surface area contributed by atoms with E-state index in [2.05, 4.69) is 5.32 Å². The summed E-state index contributed by atoms with van der Waals surface area (Å²) < 4.78 is 0. The topological polar surface area (TPSA) is 98.2 Å². The van der Waals surface area contributed by atoms with Crippen LogP contribution in [0.2, 0.25) is 0 Å². The maximum atomic E-state index is 11.8. The lowest BCUT2D eigenvalue weighted by Gasteiger charge is -2.21. The van der Waals surface area contributed by atoms with Gasteiger partial charge in [-0.15, -0.1) is 12.4 Å². The molecule has 0 atom stereocenters. The van der Waals surface area contributed by atoms with Crippen molar-refractivity contribution >= 4 is 29.9 Å². The van der Waals surface area contributed by atoms with Crippen LogP contribution in [-0.4, -0.2) is 18.4 Å². The molecule has 0 spiro atoms. The summed E-state index contributed by atoms with van der Waals surface area (Å²) in [5.74, 6) is -0.656. The van der Waals surface area contributed by atoms with Crippen LogP contribution in [0.3, 0.4) is 0 Å². The van der Waals surface area contributed by atoms with Gasteiger partial charge in [-0.1, -0.05) is 0 Å². The Bertz CT molecular complexity index is 429. The molecule has 0 saturated carbocycles. The molecule has 0 unspecified atom stereocenters. The number of rotatable bonds is 4. The van der Waals surface area contributed by atoms with E-state index >= 15 is 0 Å². The van der Waals surface area contributed by atoms with E-state index in [-0.39, 0.29) is 24.9 Å². The molecule has 2 amide bonds. The quantitative estimate of drug-likeness (QED) is 0.765. The molecule has 0 radical (unpaired) electrons. The second kappa shape index (κ2) is 6.37. The summed E-state index contributed by atoms with van der Waals surface area (Å²) in [6.45, 7) is 3.79. The summed E-state index contributed by atoms with van der Waals surface area (Å²) in [4.78, 5) is 22.7. The monoisotopic (exact) mass is 271 g/mol. The van der Waals surface area contributed by atoms with Gasteiger partial charge >= 0.3 is 0 Å². The largest absolute Gasteiger partial charge is 0.366 e. The Hall–Kier alpha value is -1.59. The van der Waals surface area contributed by atoms with Crippen LogP contribution < -0.4 is 16.8 Å². The number of anilines is 1. The fraction of sp³-hybridized carbons (Fsp3) is 0.333. The van der Waals surface area contributed by atoms with E-state index in [0.29, 0.717) is 11.3 Å². The van der Waals surface area contributed by atoms with Crippen molar-refractivity contribution in [3.05, 3.63) is 29.8 Å². The van der Waals surface area contributed by atoms with Crippen LogP contribution in [0, 0.1) is 5.41 Å². The molecule has 5 N–H and O–H groups in total. The normalized spacial score (nSPS) is 10.4. The molecule has 0 bridgehead atoms. The SMILES string of the molecule is CC(C)(CN)C(=O)Nc1ccc(C(N)=O)cc1.Cl. The van der Waals surface area contributed by atoms with Crippen molar-refractivity contribution in [2.24, 2.45) is 16.9 Å². The van der Waals surface area contributed by atoms with Gasteiger partial charge in [-0.05, 0) is 38.1 Å². The van der Waals surface area contributed by atoms with Crippen molar-refractivity contribution in [1.82, 2.24) is 0 Å². The Morgan fingerprint density at radius 2 is 1.72 bits per heavy atom. The second-order valence-electron chi connectivity index (χ2n) is 4.48. The minimum absolute atomic E-state index is 0. The molecule has 6 heteroatoms. The van der Waals surface area contributed by atoms with Crippen LogP contribution in [0.15, 0.2) is 24.3 Å². The van der Waals surface area contributed by atoms with Crippen molar-refractivity contribution in [2.75, 3.05) is 11.9 Å². The molecule has 0 aromatic heterocycles. The molecule has 1 aromatic carbocycles. The van der Waals surface area contributed by atoms with E-state index in [1.54, 1.807) is 38.1 Å². The van der Waals surface area contributed by atoms with Crippen LogP contribution in [0.25, 0.3) is 0 Å². The molecule has 0 fully saturated rings. The third-order valence-corrected chi connectivity index (χ3v) is 2.55. The highest BCUT2D eigenvalue weighted by molar-refractivity contribution is 5.96. The summed E-state index contributed by atoms with van der Waals surface area (Å²) in [5, 5.41) is 2.73. The Labute approximate surface area is 112 Å². The van der Waals surface area contributed by atoms with Crippen molar-refractivity contribution < 1.29 is 9.59 Å². The van der Waals surface area contributed by atoms with Crippen LogP contribution in [0.5, 0.6) is 0 Å². The third kappa shape index (κ3) is 4.01. The fourth-order valence-electron chi connectivity index (χ4n) is 1.11. The first-order chi connectivity index (χ1) is 7.86. The standard InChI is InChI=1S/C12H17N3O2.ClH/c1-12(2,7-13)11(17)15-9-5-3-8(4-6-9)10(14)16;/h3-6H,7,13H2,1-2H3,(H2,14,16)(H,15,17);1H. The molecular weight excluding hydrogens is 254 g/mol.